The van der Waals surface area contributed by atoms with Gasteiger partial charge in [-0.05, 0) is 90.4 Å². The minimum atomic E-state index is -0.892. The smallest absolute Gasteiger partial charge is 0.550 e. The molecule has 0 heterocycles. The molecule has 83 heavy (non-hydrogen) atoms. The molecule has 6 nitrogen and oxygen atoms in total. The first kappa shape index (κ1) is 87.3. The number of carboxylic acids is 2. The molecule has 0 aromatic carbocycles. The fourth-order valence-corrected chi connectivity index (χ4v) is 12.9. The number of nitrogens with zero attached hydrogens (tertiary/aromatic N) is 2. The Balaban J connectivity index is -0.00000152. The second-order valence-electron chi connectivity index (χ2n) is 26.4. The zero-order valence-corrected chi connectivity index (χ0v) is 60.3. The second-order valence-corrected chi connectivity index (χ2v) is 26.4. The molecule has 0 fully saturated rings. The second kappa shape index (κ2) is 76.4. The minimum absolute atomic E-state index is 0. The standard InChI is InChI=1S/2C38H77NO2.Ca/c2*1-4-7-9-11-13-15-17-19-21-23-25-27-29-31-35-39(37(6-3)33-34-38(40)41)36-32-30-28-26-24-22-20-18-16-14-12-10-8-5-2;/h2*37H,4-36H2,1-3H3,(H,40,41);/q;;+2/p-2. The van der Waals surface area contributed by atoms with E-state index in [4.69, 9.17) is 0 Å². The third kappa shape index (κ3) is 71.1. The Morgan fingerprint density at radius 1 is 0.241 bits per heavy atom. The maximum Gasteiger partial charge on any atom is 2.00 e. The van der Waals surface area contributed by atoms with Crippen LogP contribution >= 0.6 is 0 Å². The van der Waals surface area contributed by atoms with E-state index in [1.807, 2.05) is 0 Å². The number of hydrogen-bond acceptors (Lipinski definition) is 6. The molecule has 7 heteroatoms. The summed E-state index contributed by atoms with van der Waals surface area (Å²) in [5.74, 6) is -1.78. The SMILES string of the molecule is CCCCCCCCCCCCCCCCN(CCCCCCCCCCCCCCCC)C(CC)CCC(=O)[O-].CCCCCCCCCCCCCCCCN(CCCCCCCCCCCCCCCC)C(CC)CCC(=O)[O-].[Ca+2]. The largest absolute Gasteiger partial charge is 2.00 e. The first-order valence-electron chi connectivity index (χ1n) is 38.2. The summed E-state index contributed by atoms with van der Waals surface area (Å²) in [4.78, 5) is 27.5. The van der Waals surface area contributed by atoms with Crippen LogP contribution in [-0.2, 0) is 9.59 Å². The molecule has 0 radical (unpaired) electrons. The topological polar surface area (TPSA) is 86.7 Å². The summed E-state index contributed by atoms with van der Waals surface area (Å²) in [6, 6.07) is 0.800. The van der Waals surface area contributed by atoms with E-state index in [0.29, 0.717) is 12.1 Å². The van der Waals surface area contributed by atoms with Crippen molar-refractivity contribution in [1.29, 1.82) is 0 Å². The van der Waals surface area contributed by atoms with E-state index in [9.17, 15) is 19.8 Å². The molecule has 0 aliphatic heterocycles. The van der Waals surface area contributed by atoms with E-state index < -0.39 is 11.9 Å². The van der Waals surface area contributed by atoms with Crippen LogP contribution in [0.1, 0.15) is 440 Å². The summed E-state index contributed by atoms with van der Waals surface area (Å²) < 4.78 is 0. The fourth-order valence-electron chi connectivity index (χ4n) is 12.9. The predicted molar refractivity (Wildman–Crippen MR) is 367 cm³/mol. The van der Waals surface area contributed by atoms with Crippen LogP contribution in [0.25, 0.3) is 0 Å². The summed E-state index contributed by atoms with van der Waals surface area (Å²) in [7, 11) is 0. The minimum Gasteiger partial charge on any atom is -0.550 e. The van der Waals surface area contributed by atoms with Gasteiger partial charge in [0.1, 0.15) is 0 Å². The number of carbonyl (C=O) groups excluding carboxylic acids is 2. The maximum absolute atomic E-state index is 11.1. The molecule has 0 spiro atoms. The molecule has 492 valence electrons. The van der Waals surface area contributed by atoms with E-state index in [1.54, 1.807) is 0 Å². The van der Waals surface area contributed by atoms with Gasteiger partial charge in [-0.2, -0.15) is 0 Å². The monoisotopic (exact) mass is 1200 g/mol. The van der Waals surface area contributed by atoms with Gasteiger partial charge in [-0.25, -0.2) is 0 Å². The van der Waals surface area contributed by atoms with Crippen LogP contribution in [-0.4, -0.2) is 97.7 Å². The molecule has 2 unspecified atom stereocenters. The molecule has 0 saturated heterocycles. The molecular formula is C76H152CaN2O4. The van der Waals surface area contributed by atoms with Crippen LogP contribution in [0.2, 0.25) is 0 Å². The summed E-state index contributed by atoms with van der Waals surface area (Å²) in [5, 5.41) is 22.2. The Hall–Kier alpha value is 0.120. The third-order valence-corrected chi connectivity index (χ3v) is 18.5. The Labute approximate surface area is 553 Å². The van der Waals surface area contributed by atoms with Crippen molar-refractivity contribution in [2.75, 3.05) is 26.2 Å². The van der Waals surface area contributed by atoms with Gasteiger partial charge in [0.2, 0.25) is 0 Å². The van der Waals surface area contributed by atoms with Gasteiger partial charge in [-0.1, -0.05) is 375 Å². The van der Waals surface area contributed by atoms with Gasteiger partial charge in [0, 0.05) is 24.0 Å². The number of unbranched alkanes of at least 4 members (excludes halogenated alkanes) is 52. The first-order valence-corrected chi connectivity index (χ1v) is 38.2. The molecule has 0 aromatic heterocycles. The Kier molecular flexibility index (Phi) is 80.3. The average Bonchev–Trinajstić information content (AvgIpc) is 3.48. The summed E-state index contributed by atoms with van der Waals surface area (Å²) in [6.45, 7) is 18.2. The van der Waals surface area contributed by atoms with Crippen molar-refractivity contribution in [2.45, 2.75) is 452 Å². The quantitative estimate of drug-likeness (QED) is 0.0445. The molecule has 0 bridgehead atoms. The Bertz CT molecular complexity index is 1050. The van der Waals surface area contributed by atoms with Crippen molar-refractivity contribution in [3.8, 4) is 0 Å². The average molecular weight is 1200 g/mol. The van der Waals surface area contributed by atoms with Gasteiger partial charge in [-0.3, -0.25) is 0 Å². The first-order chi connectivity index (χ1) is 40.3. The number of hydrogen-bond donors (Lipinski definition) is 0. The van der Waals surface area contributed by atoms with Gasteiger partial charge in [-0.15, -0.1) is 0 Å². The van der Waals surface area contributed by atoms with Crippen LogP contribution < -0.4 is 10.2 Å². The van der Waals surface area contributed by atoms with E-state index in [1.165, 1.54) is 360 Å². The Morgan fingerprint density at radius 2 is 0.373 bits per heavy atom. The van der Waals surface area contributed by atoms with Crippen molar-refractivity contribution in [2.24, 2.45) is 0 Å². The van der Waals surface area contributed by atoms with E-state index in [2.05, 4.69) is 51.3 Å². The van der Waals surface area contributed by atoms with Crippen LogP contribution in [0.15, 0.2) is 0 Å². The molecule has 0 aliphatic rings. The van der Waals surface area contributed by atoms with Crippen LogP contribution in [0.5, 0.6) is 0 Å². The van der Waals surface area contributed by atoms with E-state index >= 15 is 0 Å². The molecule has 0 aliphatic carbocycles. The van der Waals surface area contributed by atoms with Gasteiger partial charge >= 0.3 is 37.7 Å². The van der Waals surface area contributed by atoms with Crippen molar-refractivity contribution in [3.63, 3.8) is 0 Å². The van der Waals surface area contributed by atoms with Gasteiger partial charge in [0.25, 0.3) is 0 Å². The van der Waals surface area contributed by atoms with Crippen LogP contribution in [0.4, 0.5) is 0 Å². The van der Waals surface area contributed by atoms with Gasteiger partial charge < -0.3 is 29.6 Å². The molecule has 0 saturated carbocycles. The zero-order valence-electron chi connectivity index (χ0n) is 58.1. The normalized spacial score (nSPS) is 12.2. The van der Waals surface area contributed by atoms with Crippen molar-refractivity contribution in [1.82, 2.24) is 9.80 Å². The predicted octanol–water partition coefficient (Wildman–Crippen LogP) is 22.7. The number of carboxylic acid groups (broad SMARTS) is 2. The molecule has 0 amide bonds. The van der Waals surface area contributed by atoms with Crippen molar-refractivity contribution >= 4 is 49.7 Å². The van der Waals surface area contributed by atoms with Crippen molar-refractivity contribution in [3.05, 3.63) is 0 Å². The molecular weight excluding hydrogens is 1040 g/mol. The maximum atomic E-state index is 11.1. The summed E-state index contributed by atoms with van der Waals surface area (Å²) in [5.41, 5.74) is 0. The molecule has 0 rings (SSSR count). The van der Waals surface area contributed by atoms with Crippen LogP contribution in [0.3, 0.4) is 0 Å². The summed E-state index contributed by atoms with van der Waals surface area (Å²) in [6.07, 6.45) is 82.1. The van der Waals surface area contributed by atoms with E-state index in [-0.39, 0.29) is 50.6 Å². The zero-order chi connectivity index (χ0) is 60.1. The molecule has 0 N–H and O–H groups in total. The van der Waals surface area contributed by atoms with Crippen LogP contribution in [0, 0.1) is 0 Å². The Morgan fingerprint density at radius 3 is 0.494 bits per heavy atom. The van der Waals surface area contributed by atoms with Crippen molar-refractivity contribution < 1.29 is 19.8 Å². The third-order valence-electron chi connectivity index (χ3n) is 18.5. The number of carbonyl (C=O) groups is 2. The number of aliphatic carboxylic acids is 2. The number of rotatable bonds is 70. The molecule has 2 atom stereocenters. The fraction of sp³-hybridized carbons (Fsp3) is 0.974. The van der Waals surface area contributed by atoms with E-state index in [0.717, 1.165) is 51.9 Å². The molecule has 0 aromatic rings. The summed E-state index contributed by atoms with van der Waals surface area (Å²) >= 11 is 0. The van der Waals surface area contributed by atoms with Gasteiger partial charge in [0.15, 0.2) is 0 Å². The van der Waals surface area contributed by atoms with Gasteiger partial charge in [0.05, 0.1) is 0 Å².